The number of aliphatic hydroxyl groups excluding tert-OH is 1. The maximum absolute atomic E-state index is 11.7. The number of ketones is 1. The van der Waals surface area contributed by atoms with Crippen molar-refractivity contribution in [1.29, 1.82) is 0 Å². The molecule has 2 aromatic heterocycles. The predicted molar refractivity (Wildman–Crippen MR) is 180 cm³/mol. The minimum atomic E-state index is -0.196. The monoisotopic (exact) mass is 770 g/mol. The summed E-state index contributed by atoms with van der Waals surface area (Å²) in [6.07, 6.45) is 7.79. The molecule has 5 heteroatoms. The van der Waals surface area contributed by atoms with Crippen LogP contribution in [0, 0.1) is 23.3 Å². The number of carbonyl (C=O) groups is 1. The van der Waals surface area contributed by atoms with Crippen molar-refractivity contribution in [2.24, 2.45) is 17.3 Å². The summed E-state index contributed by atoms with van der Waals surface area (Å²) in [5, 5.41) is 14.5. The van der Waals surface area contributed by atoms with Crippen LogP contribution >= 0.6 is 0 Å². The van der Waals surface area contributed by atoms with E-state index in [4.69, 9.17) is 9.97 Å². The second kappa shape index (κ2) is 14.5. The standard InChI is InChI=1S/C26H25N2.C13H24O2.Ir/c1-25(2,3)15-19-12-18-10-11-27-23-20-13-16-8-6-7-9-17(16)14-21(20)26(4,5)24(28-19)22(18)23;1-5-10(6-2)12(14)9-13(15)11(7-3)8-4;/h6-12,14H,15H2,1-5H3;9-11,14H,5-8H2,1-4H3;/q-1;;/b;12-9-;. The van der Waals surface area contributed by atoms with E-state index < -0.39 is 0 Å². The van der Waals surface area contributed by atoms with Gasteiger partial charge in [-0.25, -0.2) is 0 Å². The largest absolute Gasteiger partial charge is 0.512 e. The fraction of sp³-hybridized carbons (Fsp3) is 0.462. The van der Waals surface area contributed by atoms with Crippen molar-refractivity contribution in [2.45, 2.75) is 99.8 Å². The van der Waals surface area contributed by atoms with E-state index in [-0.39, 0.29) is 54.3 Å². The van der Waals surface area contributed by atoms with Gasteiger partial charge in [-0.2, -0.15) is 0 Å². The number of carbonyl (C=O) groups excluding carboxylic acids is 1. The third-order valence-electron chi connectivity index (χ3n) is 8.88. The molecule has 1 N–H and O–H groups in total. The molecule has 237 valence electrons. The zero-order valence-corrected chi connectivity index (χ0v) is 30.4. The molecule has 1 aliphatic carbocycles. The Morgan fingerprint density at radius 3 is 2.20 bits per heavy atom. The summed E-state index contributed by atoms with van der Waals surface area (Å²) < 4.78 is 0. The van der Waals surface area contributed by atoms with Gasteiger partial charge in [0.05, 0.1) is 5.76 Å². The summed E-state index contributed by atoms with van der Waals surface area (Å²) in [7, 11) is 0. The van der Waals surface area contributed by atoms with Gasteiger partial charge < -0.3 is 5.11 Å². The van der Waals surface area contributed by atoms with E-state index >= 15 is 0 Å². The van der Waals surface area contributed by atoms with Gasteiger partial charge in [-0.3, -0.25) is 14.8 Å². The summed E-state index contributed by atoms with van der Waals surface area (Å²) in [5.74, 6) is 0.547. The Bertz CT molecular complexity index is 1640. The molecule has 4 nitrogen and oxygen atoms in total. The van der Waals surface area contributed by atoms with Crippen molar-refractivity contribution in [1.82, 2.24) is 9.97 Å². The van der Waals surface area contributed by atoms with E-state index in [9.17, 15) is 9.90 Å². The number of rotatable bonds is 8. The first-order valence-corrected chi connectivity index (χ1v) is 16.0. The minimum absolute atomic E-state index is 0. The maximum Gasteiger partial charge on any atom is 0.162 e. The first kappa shape index (κ1) is 35.6. The van der Waals surface area contributed by atoms with Gasteiger partial charge in [0.1, 0.15) is 0 Å². The van der Waals surface area contributed by atoms with Gasteiger partial charge in [-0.15, -0.1) is 23.6 Å². The molecule has 44 heavy (non-hydrogen) atoms. The molecular formula is C39H49IrN2O2-. The van der Waals surface area contributed by atoms with E-state index in [0.717, 1.165) is 60.1 Å². The van der Waals surface area contributed by atoms with Gasteiger partial charge >= 0.3 is 0 Å². The number of hydrogen-bond acceptors (Lipinski definition) is 4. The molecular weight excluding hydrogens is 721 g/mol. The molecule has 0 spiro atoms. The molecule has 0 saturated carbocycles. The van der Waals surface area contributed by atoms with Gasteiger partial charge in [0.15, 0.2) is 5.78 Å². The molecule has 0 bridgehead atoms. The molecule has 0 fully saturated rings. The number of nitrogens with zero attached hydrogens (tertiary/aromatic N) is 2. The zero-order valence-electron chi connectivity index (χ0n) is 28.0. The number of allylic oxidation sites excluding steroid dienone is 2. The van der Waals surface area contributed by atoms with Gasteiger partial charge in [0.2, 0.25) is 0 Å². The van der Waals surface area contributed by atoms with E-state index in [2.05, 4.69) is 83.1 Å². The average molecular weight is 770 g/mol. The fourth-order valence-electron chi connectivity index (χ4n) is 6.29. The van der Waals surface area contributed by atoms with Crippen LogP contribution in [-0.2, 0) is 36.7 Å². The summed E-state index contributed by atoms with van der Waals surface area (Å²) in [6, 6.07) is 18.8. The fourth-order valence-corrected chi connectivity index (χ4v) is 6.29. The summed E-state index contributed by atoms with van der Waals surface area (Å²) in [4.78, 5) is 21.7. The van der Waals surface area contributed by atoms with Crippen LogP contribution in [0.15, 0.2) is 60.5 Å². The molecule has 1 aliphatic rings. The summed E-state index contributed by atoms with van der Waals surface area (Å²) in [6.45, 7) is 19.4. The average Bonchev–Trinajstić information content (AvgIpc) is 2.96. The van der Waals surface area contributed by atoms with Crippen LogP contribution in [0.25, 0.3) is 32.8 Å². The smallest absolute Gasteiger partial charge is 0.162 e. The van der Waals surface area contributed by atoms with Crippen LogP contribution in [0.5, 0.6) is 0 Å². The van der Waals surface area contributed by atoms with Crippen molar-refractivity contribution >= 4 is 27.3 Å². The van der Waals surface area contributed by atoms with Crippen LogP contribution in [0.3, 0.4) is 0 Å². The molecule has 0 aliphatic heterocycles. The summed E-state index contributed by atoms with van der Waals surface area (Å²) >= 11 is 0. The number of pyridine rings is 2. The number of aliphatic hydroxyl groups is 1. The van der Waals surface area contributed by atoms with Gasteiger partial charge in [-0.05, 0) is 60.4 Å². The molecule has 2 heterocycles. The Labute approximate surface area is 278 Å². The Morgan fingerprint density at radius 1 is 0.955 bits per heavy atom. The molecule has 1 radical (unpaired) electrons. The third kappa shape index (κ3) is 7.49. The van der Waals surface area contributed by atoms with Crippen LogP contribution in [0.4, 0.5) is 0 Å². The van der Waals surface area contributed by atoms with Crippen molar-refractivity contribution in [3.63, 3.8) is 0 Å². The molecule has 5 rings (SSSR count). The molecule has 0 saturated heterocycles. The van der Waals surface area contributed by atoms with E-state index in [1.807, 2.05) is 33.9 Å². The Hall–Kier alpha value is -2.88. The van der Waals surface area contributed by atoms with Crippen molar-refractivity contribution in [3.8, 4) is 11.3 Å². The normalized spacial score (nSPS) is 13.8. The van der Waals surface area contributed by atoms with E-state index in [1.165, 1.54) is 27.8 Å². The minimum Gasteiger partial charge on any atom is -0.512 e. The molecule has 0 amide bonds. The topological polar surface area (TPSA) is 63.1 Å². The molecule has 0 atom stereocenters. The Kier molecular flexibility index (Phi) is 11.7. The Morgan fingerprint density at radius 2 is 1.59 bits per heavy atom. The molecule has 4 aromatic rings. The third-order valence-corrected chi connectivity index (χ3v) is 8.88. The molecule has 0 unspecified atom stereocenters. The van der Waals surface area contributed by atoms with E-state index in [1.54, 1.807) is 0 Å². The van der Waals surface area contributed by atoms with Gasteiger partial charge in [0, 0.05) is 66.7 Å². The van der Waals surface area contributed by atoms with Gasteiger partial charge in [0.25, 0.3) is 0 Å². The van der Waals surface area contributed by atoms with Crippen LogP contribution in [-0.4, -0.2) is 20.9 Å². The Balaban J connectivity index is 0.000000286. The van der Waals surface area contributed by atoms with Crippen LogP contribution in [0.1, 0.15) is 105 Å². The molecule has 2 aromatic carbocycles. The first-order chi connectivity index (χ1) is 20.3. The number of fused-ring (bicyclic) bond motifs is 3. The number of aromatic nitrogens is 2. The summed E-state index contributed by atoms with van der Waals surface area (Å²) in [5.41, 5.74) is 5.70. The maximum atomic E-state index is 11.7. The quantitative estimate of drug-likeness (QED) is 0.110. The second-order valence-electron chi connectivity index (χ2n) is 13.7. The first-order valence-electron chi connectivity index (χ1n) is 16.0. The van der Waals surface area contributed by atoms with Crippen molar-refractivity contribution in [2.75, 3.05) is 0 Å². The van der Waals surface area contributed by atoms with Crippen LogP contribution in [0.2, 0.25) is 0 Å². The predicted octanol–water partition coefficient (Wildman–Crippen LogP) is 10.3. The van der Waals surface area contributed by atoms with Crippen LogP contribution < -0.4 is 0 Å². The second-order valence-corrected chi connectivity index (χ2v) is 13.7. The van der Waals surface area contributed by atoms with E-state index in [0.29, 0.717) is 0 Å². The number of benzene rings is 2. The number of hydrogen-bond donors (Lipinski definition) is 1. The van der Waals surface area contributed by atoms with Crippen molar-refractivity contribution in [3.05, 3.63) is 83.5 Å². The SMILES string of the molecule is CC(C)(C)Cc1cc2ccnc3c2c(n1)C(C)(C)c1cc2ccccc2[c-]c1-3.CCC(CC)C(=O)/C=C(\O)C(CC)CC.[Ir]. The van der Waals surface area contributed by atoms with Crippen molar-refractivity contribution < 1.29 is 30.0 Å². The van der Waals surface area contributed by atoms with Gasteiger partial charge in [-0.1, -0.05) is 97.0 Å². The zero-order chi connectivity index (χ0) is 31.5.